The van der Waals surface area contributed by atoms with Crippen molar-refractivity contribution in [3.63, 3.8) is 0 Å². The molecule has 0 radical (unpaired) electrons. The molecule has 0 spiro atoms. The van der Waals surface area contributed by atoms with Crippen LogP contribution in [0.5, 0.6) is 0 Å². The Morgan fingerprint density at radius 1 is 0.750 bits per heavy atom. The number of alkyl halides is 6. The van der Waals surface area contributed by atoms with Crippen LogP contribution in [0.2, 0.25) is 0 Å². The van der Waals surface area contributed by atoms with Crippen LogP contribution in [0.3, 0.4) is 0 Å². The Labute approximate surface area is 161 Å². The molecule has 0 fully saturated rings. The van der Waals surface area contributed by atoms with E-state index in [9.17, 15) is 31.1 Å². The van der Waals surface area contributed by atoms with E-state index >= 15 is 0 Å². The molecule has 0 aromatic heterocycles. The number of rotatable bonds is 11. The SMILES string of the molecule is CCCCCCCCCCCC(=O)Nc1cc(C(F)(F)F)cc(C(F)(F)F)c1. The van der Waals surface area contributed by atoms with E-state index in [0.29, 0.717) is 18.6 Å². The number of carbonyl (C=O) groups excluding carboxylic acids is 1. The number of carbonyl (C=O) groups is 1. The van der Waals surface area contributed by atoms with Gasteiger partial charge in [-0.15, -0.1) is 0 Å². The third-order valence-electron chi connectivity index (χ3n) is 4.38. The summed E-state index contributed by atoms with van der Waals surface area (Å²) in [5.41, 5.74) is -3.38. The first-order chi connectivity index (χ1) is 13.0. The molecular formula is C20H27F6NO. The van der Waals surface area contributed by atoms with Gasteiger partial charge < -0.3 is 5.32 Å². The lowest BCUT2D eigenvalue weighted by molar-refractivity contribution is -0.143. The lowest BCUT2D eigenvalue weighted by Gasteiger charge is -2.14. The van der Waals surface area contributed by atoms with Crippen LogP contribution in [0, 0.1) is 0 Å². The molecule has 0 saturated carbocycles. The number of unbranched alkanes of at least 4 members (excludes halogenated alkanes) is 8. The molecule has 2 nitrogen and oxygen atoms in total. The Morgan fingerprint density at radius 2 is 1.18 bits per heavy atom. The van der Waals surface area contributed by atoms with Crippen LogP contribution in [-0.4, -0.2) is 5.91 Å². The normalized spacial score (nSPS) is 12.2. The van der Waals surface area contributed by atoms with Crippen molar-refractivity contribution < 1.29 is 31.1 Å². The molecule has 1 aromatic carbocycles. The van der Waals surface area contributed by atoms with Gasteiger partial charge in [-0.1, -0.05) is 58.3 Å². The fourth-order valence-corrected chi connectivity index (χ4v) is 2.85. The average Bonchev–Trinajstić information content (AvgIpc) is 2.58. The Morgan fingerprint density at radius 3 is 1.61 bits per heavy atom. The molecule has 0 aliphatic carbocycles. The smallest absolute Gasteiger partial charge is 0.326 e. The number of nitrogens with one attached hydrogen (secondary N) is 1. The van der Waals surface area contributed by atoms with Crippen LogP contribution in [0.1, 0.15) is 82.3 Å². The molecular weight excluding hydrogens is 384 g/mol. The Bertz CT molecular complexity index is 577. The van der Waals surface area contributed by atoms with Gasteiger partial charge in [0.05, 0.1) is 11.1 Å². The van der Waals surface area contributed by atoms with Crippen molar-refractivity contribution in [3.8, 4) is 0 Å². The quantitative estimate of drug-likeness (QED) is 0.295. The van der Waals surface area contributed by atoms with Crippen LogP contribution >= 0.6 is 0 Å². The highest BCUT2D eigenvalue weighted by atomic mass is 19.4. The zero-order valence-electron chi connectivity index (χ0n) is 16.0. The molecule has 1 rings (SSSR count). The zero-order chi connectivity index (χ0) is 21.2. The number of anilines is 1. The molecule has 0 bridgehead atoms. The van der Waals surface area contributed by atoms with Gasteiger partial charge in [0.1, 0.15) is 0 Å². The molecule has 0 unspecified atom stereocenters. The summed E-state index contributed by atoms with van der Waals surface area (Å²) in [4.78, 5) is 11.9. The fourth-order valence-electron chi connectivity index (χ4n) is 2.85. The predicted molar refractivity (Wildman–Crippen MR) is 96.9 cm³/mol. The van der Waals surface area contributed by atoms with Gasteiger partial charge in [-0.2, -0.15) is 26.3 Å². The first kappa shape index (κ1) is 24.3. The Hall–Kier alpha value is -1.73. The van der Waals surface area contributed by atoms with E-state index in [2.05, 4.69) is 12.2 Å². The second-order valence-corrected chi connectivity index (χ2v) is 6.92. The summed E-state index contributed by atoms with van der Waals surface area (Å²) in [5.74, 6) is -0.588. The van der Waals surface area contributed by atoms with E-state index in [0.717, 1.165) is 25.7 Å². The second-order valence-electron chi connectivity index (χ2n) is 6.92. The van der Waals surface area contributed by atoms with E-state index < -0.39 is 35.1 Å². The second kappa shape index (κ2) is 11.3. The zero-order valence-corrected chi connectivity index (χ0v) is 16.0. The molecule has 0 heterocycles. The lowest BCUT2D eigenvalue weighted by atomic mass is 10.1. The van der Waals surface area contributed by atoms with Gasteiger partial charge in [0.15, 0.2) is 0 Å². The molecule has 8 heteroatoms. The molecule has 28 heavy (non-hydrogen) atoms. The van der Waals surface area contributed by atoms with Crippen LogP contribution in [0.4, 0.5) is 32.0 Å². The van der Waals surface area contributed by atoms with Gasteiger partial charge in [0.25, 0.3) is 0 Å². The van der Waals surface area contributed by atoms with Crippen molar-refractivity contribution in [3.05, 3.63) is 29.3 Å². The summed E-state index contributed by atoms with van der Waals surface area (Å²) in [7, 11) is 0. The maximum absolute atomic E-state index is 12.8. The van der Waals surface area contributed by atoms with Crippen LogP contribution in [0.15, 0.2) is 18.2 Å². The number of hydrogen-bond donors (Lipinski definition) is 1. The number of amides is 1. The van der Waals surface area contributed by atoms with Gasteiger partial charge in [0.2, 0.25) is 5.91 Å². The van der Waals surface area contributed by atoms with Gasteiger partial charge in [0, 0.05) is 12.1 Å². The van der Waals surface area contributed by atoms with Crippen LogP contribution in [0.25, 0.3) is 0 Å². The van der Waals surface area contributed by atoms with Crippen molar-refractivity contribution in [1.29, 1.82) is 0 Å². The van der Waals surface area contributed by atoms with Crippen molar-refractivity contribution in [2.24, 2.45) is 0 Å². The van der Waals surface area contributed by atoms with Crippen molar-refractivity contribution in [1.82, 2.24) is 0 Å². The van der Waals surface area contributed by atoms with E-state index in [1.165, 1.54) is 25.7 Å². The molecule has 0 aliphatic rings. The van der Waals surface area contributed by atoms with E-state index in [-0.39, 0.29) is 12.5 Å². The maximum atomic E-state index is 12.8. The number of halogens is 6. The van der Waals surface area contributed by atoms with Gasteiger partial charge >= 0.3 is 12.4 Å². The Balaban J connectivity index is 2.49. The third-order valence-corrected chi connectivity index (χ3v) is 4.38. The van der Waals surface area contributed by atoms with Crippen LogP contribution in [-0.2, 0) is 17.1 Å². The molecule has 0 aliphatic heterocycles. The monoisotopic (exact) mass is 411 g/mol. The number of benzene rings is 1. The fraction of sp³-hybridized carbons (Fsp3) is 0.650. The molecule has 160 valence electrons. The minimum atomic E-state index is -4.93. The maximum Gasteiger partial charge on any atom is 0.416 e. The topological polar surface area (TPSA) is 29.1 Å². The summed E-state index contributed by atoms with van der Waals surface area (Å²) in [6, 6.07) is 1.07. The summed E-state index contributed by atoms with van der Waals surface area (Å²) < 4.78 is 76.9. The lowest BCUT2D eigenvalue weighted by Crippen LogP contribution is -2.15. The van der Waals surface area contributed by atoms with Crippen LogP contribution < -0.4 is 5.32 Å². The minimum absolute atomic E-state index is 0.0379. The van der Waals surface area contributed by atoms with Crippen molar-refractivity contribution in [2.45, 2.75) is 83.5 Å². The highest BCUT2D eigenvalue weighted by Crippen LogP contribution is 2.37. The van der Waals surface area contributed by atoms with E-state index in [1.54, 1.807) is 0 Å². The summed E-state index contributed by atoms with van der Waals surface area (Å²) >= 11 is 0. The summed E-state index contributed by atoms with van der Waals surface area (Å²) in [6.45, 7) is 2.15. The van der Waals surface area contributed by atoms with E-state index in [4.69, 9.17) is 0 Å². The average molecular weight is 411 g/mol. The Kier molecular flexibility index (Phi) is 9.82. The van der Waals surface area contributed by atoms with Gasteiger partial charge in [-0.25, -0.2) is 0 Å². The van der Waals surface area contributed by atoms with Crippen molar-refractivity contribution >= 4 is 11.6 Å². The predicted octanol–water partition coefficient (Wildman–Crippen LogP) is 7.58. The van der Waals surface area contributed by atoms with Gasteiger partial charge in [-0.05, 0) is 24.6 Å². The molecule has 1 N–H and O–H groups in total. The standard InChI is InChI=1S/C20H27F6NO/c1-2-3-4-5-6-7-8-9-10-11-18(28)27-17-13-15(19(21,22)23)12-16(14-17)20(24,25)26/h12-14H,2-11H2,1H3,(H,27,28). The first-order valence-corrected chi connectivity index (χ1v) is 9.63. The minimum Gasteiger partial charge on any atom is -0.326 e. The highest BCUT2D eigenvalue weighted by molar-refractivity contribution is 5.90. The largest absolute Gasteiger partial charge is 0.416 e. The molecule has 0 atom stereocenters. The van der Waals surface area contributed by atoms with Gasteiger partial charge in [-0.3, -0.25) is 4.79 Å². The summed E-state index contributed by atoms with van der Waals surface area (Å²) in [5, 5.41) is 2.15. The molecule has 1 aromatic rings. The number of hydrogen-bond acceptors (Lipinski definition) is 1. The molecule has 0 saturated heterocycles. The van der Waals surface area contributed by atoms with Crippen molar-refractivity contribution in [2.75, 3.05) is 5.32 Å². The first-order valence-electron chi connectivity index (χ1n) is 9.63. The molecule has 1 amide bonds. The summed E-state index contributed by atoms with van der Waals surface area (Å²) in [6.07, 6.45) is -0.475. The van der Waals surface area contributed by atoms with E-state index in [1.807, 2.05) is 0 Å². The third kappa shape index (κ3) is 9.46. The highest BCUT2D eigenvalue weighted by Gasteiger charge is 2.37.